The third-order valence-electron chi connectivity index (χ3n) is 4.82. The Bertz CT molecular complexity index is 1190. The number of fused-ring (bicyclic) bond motifs is 1. The summed E-state index contributed by atoms with van der Waals surface area (Å²) in [6.45, 7) is 8.87. The number of amides is 1. The number of carbonyl (C=O) groups excluding carboxylic acids is 2. The first-order valence-corrected chi connectivity index (χ1v) is 10.4. The molecule has 1 unspecified atom stereocenters. The summed E-state index contributed by atoms with van der Waals surface area (Å²) in [6, 6.07) is 12.5. The second kappa shape index (κ2) is 9.26. The predicted molar refractivity (Wildman–Crippen MR) is 121 cm³/mol. The number of rotatable bonds is 5. The zero-order valence-electron chi connectivity index (χ0n) is 18.9. The van der Waals surface area contributed by atoms with Crippen molar-refractivity contribution in [3.63, 3.8) is 0 Å². The SMILES string of the molecule is CCc1cc(=O)oc2c(C)c(OC(=O)C(NC(=O)OC(C)(C)C)c3ccccc3)ccc12. The maximum absolute atomic E-state index is 13.1. The molecular weight excluding hydrogens is 410 g/mol. The van der Waals surface area contributed by atoms with Gasteiger partial charge in [-0.3, -0.25) is 0 Å². The van der Waals surface area contributed by atoms with Crippen molar-refractivity contribution in [2.45, 2.75) is 52.7 Å². The molecule has 0 radical (unpaired) electrons. The van der Waals surface area contributed by atoms with Gasteiger partial charge in [0.1, 0.15) is 16.9 Å². The summed E-state index contributed by atoms with van der Waals surface area (Å²) in [6.07, 6.45) is -0.0755. The molecule has 168 valence electrons. The summed E-state index contributed by atoms with van der Waals surface area (Å²) >= 11 is 0. The van der Waals surface area contributed by atoms with Crippen LogP contribution >= 0.6 is 0 Å². The number of nitrogens with one attached hydrogen (secondary N) is 1. The first-order chi connectivity index (χ1) is 15.1. The van der Waals surface area contributed by atoms with Crippen molar-refractivity contribution in [3.8, 4) is 5.75 Å². The van der Waals surface area contributed by atoms with E-state index in [9.17, 15) is 14.4 Å². The Hall–Kier alpha value is -3.61. The van der Waals surface area contributed by atoms with E-state index in [4.69, 9.17) is 13.9 Å². The molecule has 1 aromatic heterocycles. The fourth-order valence-corrected chi connectivity index (χ4v) is 3.33. The van der Waals surface area contributed by atoms with Crippen LogP contribution in [0.25, 0.3) is 11.0 Å². The summed E-state index contributed by atoms with van der Waals surface area (Å²) in [7, 11) is 0. The van der Waals surface area contributed by atoms with Crippen LogP contribution in [0.5, 0.6) is 5.75 Å². The molecule has 1 heterocycles. The Morgan fingerprint density at radius 2 is 1.78 bits per heavy atom. The minimum Gasteiger partial charge on any atom is -0.444 e. The van der Waals surface area contributed by atoms with Gasteiger partial charge in [0.2, 0.25) is 0 Å². The van der Waals surface area contributed by atoms with Crippen molar-refractivity contribution in [1.29, 1.82) is 0 Å². The molecule has 0 aliphatic rings. The van der Waals surface area contributed by atoms with Crippen LogP contribution in [0, 0.1) is 6.92 Å². The Morgan fingerprint density at radius 1 is 1.09 bits per heavy atom. The molecule has 0 fully saturated rings. The number of hydrogen-bond donors (Lipinski definition) is 1. The van der Waals surface area contributed by atoms with Gasteiger partial charge >= 0.3 is 17.7 Å². The molecule has 2 aromatic carbocycles. The number of ether oxygens (including phenoxy) is 2. The first-order valence-electron chi connectivity index (χ1n) is 10.4. The Kier molecular flexibility index (Phi) is 6.67. The highest BCUT2D eigenvalue weighted by Gasteiger charge is 2.28. The quantitative estimate of drug-likeness (QED) is 0.349. The van der Waals surface area contributed by atoms with E-state index < -0.39 is 29.3 Å². The van der Waals surface area contributed by atoms with Gasteiger partial charge in [0, 0.05) is 17.0 Å². The standard InChI is InChI=1S/C25H27NO6/c1-6-16-14-20(27)31-22-15(2)19(13-12-18(16)22)30-23(28)21(17-10-8-7-9-11-17)26-24(29)32-25(3,4)5/h7-14,21H,6H2,1-5H3,(H,26,29). The molecule has 1 amide bonds. The lowest BCUT2D eigenvalue weighted by atomic mass is 10.0. The summed E-state index contributed by atoms with van der Waals surface area (Å²) < 4.78 is 16.3. The minimum absolute atomic E-state index is 0.242. The van der Waals surface area contributed by atoms with Crippen LogP contribution in [0.3, 0.4) is 0 Å². The van der Waals surface area contributed by atoms with Crippen LogP contribution in [0.2, 0.25) is 0 Å². The van der Waals surface area contributed by atoms with Crippen LogP contribution in [0.1, 0.15) is 50.4 Å². The third-order valence-corrected chi connectivity index (χ3v) is 4.82. The van der Waals surface area contributed by atoms with Crippen molar-refractivity contribution in [1.82, 2.24) is 5.32 Å². The Morgan fingerprint density at radius 3 is 2.41 bits per heavy atom. The molecule has 32 heavy (non-hydrogen) atoms. The summed E-state index contributed by atoms with van der Waals surface area (Å²) in [5, 5.41) is 3.37. The molecule has 1 atom stereocenters. The van der Waals surface area contributed by atoms with Gasteiger partial charge < -0.3 is 19.2 Å². The third kappa shape index (κ3) is 5.35. The normalized spacial score (nSPS) is 12.3. The van der Waals surface area contributed by atoms with E-state index in [0.717, 1.165) is 10.9 Å². The van der Waals surface area contributed by atoms with Crippen molar-refractivity contribution in [2.75, 3.05) is 0 Å². The van der Waals surface area contributed by atoms with Crippen LogP contribution in [-0.4, -0.2) is 17.7 Å². The fourth-order valence-electron chi connectivity index (χ4n) is 3.33. The van der Waals surface area contributed by atoms with Gasteiger partial charge in [0.25, 0.3) is 0 Å². The van der Waals surface area contributed by atoms with E-state index in [2.05, 4.69) is 5.32 Å². The van der Waals surface area contributed by atoms with Gasteiger partial charge in [-0.1, -0.05) is 37.3 Å². The predicted octanol–water partition coefficient (Wildman–Crippen LogP) is 4.84. The van der Waals surface area contributed by atoms with E-state index in [1.807, 2.05) is 6.92 Å². The molecule has 3 rings (SSSR count). The number of carbonyl (C=O) groups is 2. The molecule has 0 bridgehead atoms. The lowest BCUT2D eigenvalue weighted by Gasteiger charge is -2.23. The van der Waals surface area contributed by atoms with E-state index in [1.54, 1.807) is 70.2 Å². The lowest BCUT2D eigenvalue weighted by molar-refractivity contribution is -0.137. The largest absolute Gasteiger partial charge is 0.444 e. The molecule has 0 aliphatic carbocycles. The number of aryl methyl sites for hydroxylation is 2. The molecule has 0 spiro atoms. The van der Waals surface area contributed by atoms with Crippen molar-refractivity contribution >= 4 is 23.0 Å². The number of benzene rings is 2. The van der Waals surface area contributed by atoms with E-state index >= 15 is 0 Å². The van der Waals surface area contributed by atoms with Crippen molar-refractivity contribution in [3.05, 3.63) is 75.6 Å². The van der Waals surface area contributed by atoms with Crippen molar-refractivity contribution < 1.29 is 23.5 Å². The van der Waals surface area contributed by atoms with Crippen LogP contribution in [0.4, 0.5) is 4.79 Å². The zero-order chi connectivity index (χ0) is 23.5. The smallest absolute Gasteiger partial charge is 0.408 e. The fraction of sp³-hybridized carbons (Fsp3) is 0.320. The van der Waals surface area contributed by atoms with Gasteiger partial charge in [-0.2, -0.15) is 0 Å². The average molecular weight is 437 g/mol. The highest BCUT2D eigenvalue weighted by molar-refractivity contribution is 5.88. The molecular formula is C25H27NO6. The van der Waals surface area contributed by atoms with Crippen LogP contribution in [0.15, 0.2) is 57.7 Å². The molecule has 7 heteroatoms. The van der Waals surface area contributed by atoms with Gasteiger partial charge in [-0.15, -0.1) is 0 Å². The highest BCUT2D eigenvalue weighted by Crippen LogP contribution is 2.30. The average Bonchev–Trinajstić information content (AvgIpc) is 2.73. The van der Waals surface area contributed by atoms with Gasteiger partial charge in [0.05, 0.1) is 0 Å². The monoisotopic (exact) mass is 437 g/mol. The Balaban J connectivity index is 1.94. The second-order valence-corrected chi connectivity index (χ2v) is 8.42. The number of hydrogen-bond acceptors (Lipinski definition) is 6. The van der Waals surface area contributed by atoms with E-state index in [1.165, 1.54) is 6.07 Å². The molecule has 7 nitrogen and oxygen atoms in total. The number of esters is 1. The summed E-state index contributed by atoms with van der Waals surface area (Å²) in [5.74, 6) is -0.454. The maximum atomic E-state index is 13.1. The second-order valence-electron chi connectivity index (χ2n) is 8.42. The summed E-state index contributed by atoms with van der Waals surface area (Å²) in [4.78, 5) is 37.4. The molecule has 3 aromatic rings. The Labute approximate surface area is 186 Å². The molecule has 0 saturated heterocycles. The molecule has 0 aliphatic heterocycles. The molecule has 1 N–H and O–H groups in total. The maximum Gasteiger partial charge on any atom is 0.408 e. The highest BCUT2D eigenvalue weighted by atomic mass is 16.6. The lowest BCUT2D eigenvalue weighted by Crippen LogP contribution is -2.39. The van der Waals surface area contributed by atoms with Gasteiger partial charge in [-0.05, 0) is 57.4 Å². The zero-order valence-corrected chi connectivity index (χ0v) is 18.9. The van der Waals surface area contributed by atoms with E-state index in [0.29, 0.717) is 23.1 Å². The first kappa shape index (κ1) is 23.1. The van der Waals surface area contributed by atoms with E-state index in [-0.39, 0.29) is 5.75 Å². The van der Waals surface area contributed by atoms with Gasteiger partial charge in [0.15, 0.2) is 6.04 Å². The summed E-state index contributed by atoms with van der Waals surface area (Å²) in [5.41, 5.74) is 1.10. The van der Waals surface area contributed by atoms with Crippen LogP contribution < -0.4 is 15.7 Å². The molecule has 0 saturated carbocycles. The topological polar surface area (TPSA) is 94.8 Å². The minimum atomic E-state index is -1.09. The number of alkyl carbamates (subject to hydrolysis) is 1. The van der Waals surface area contributed by atoms with Gasteiger partial charge in [-0.25, -0.2) is 14.4 Å². The van der Waals surface area contributed by atoms with Crippen LogP contribution in [-0.2, 0) is 16.0 Å². The van der Waals surface area contributed by atoms with Crippen molar-refractivity contribution in [2.24, 2.45) is 0 Å².